The van der Waals surface area contributed by atoms with Crippen molar-refractivity contribution in [3.8, 4) is 11.1 Å². The van der Waals surface area contributed by atoms with Crippen LogP contribution in [0.25, 0.3) is 22.2 Å². The number of pyridine rings is 1. The van der Waals surface area contributed by atoms with Crippen molar-refractivity contribution in [1.82, 2.24) is 20.2 Å². The zero-order valence-electron chi connectivity index (χ0n) is 18.3. The maximum Gasteiger partial charge on any atom is 0.248 e. The predicted molar refractivity (Wildman–Crippen MR) is 122 cm³/mol. The first-order valence-electron chi connectivity index (χ1n) is 11.3. The van der Waals surface area contributed by atoms with Gasteiger partial charge in [0.1, 0.15) is 12.3 Å². The van der Waals surface area contributed by atoms with Crippen molar-refractivity contribution in [3.63, 3.8) is 0 Å². The average molecular weight is 419 g/mol. The van der Waals surface area contributed by atoms with Crippen LogP contribution >= 0.6 is 0 Å². The number of nitrogens with one attached hydrogen (secondary N) is 2. The Morgan fingerprint density at radius 1 is 1.29 bits per heavy atom. The fourth-order valence-electron chi connectivity index (χ4n) is 5.06. The molecular weight excluding hydrogens is 388 g/mol. The largest absolute Gasteiger partial charge is 0.375 e. The Balaban J connectivity index is 1.57. The van der Waals surface area contributed by atoms with E-state index >= 15 is 0 Å². The normalized spacial score (nSPS) is 18.5. The highest BCUT2D eigenvalue weighted by Gasteiger charge is 2.27. The lowest BCUT2D eigenvalue weighted by Crippen LogP contribution is -2.38. The molecule has 0 aliphatic carbocycles. The van der Waals surface area contributed by atoms with Crippen molar-refractivity contribution in [2.75, 3.05) is 26.8 Å². The van der Waals surface area contributed by atoms with E-state index in [1.54, 1.807) is 7.11 Å². The Labute approximate surface area is 183 Å². The Kier molecular flexibility index (Phi) is 5.50. The summed E-state index contributed by atoms with van der Waals surface area (Å²) in [5, 5.41) is 4.87. The number of methoxy groups -OCH3 is 1. The SMILES string of the molecule is CCc1c[nH]c2ncc(-c3cc4c(c([C@@H]5CCCN5)c3)CN(C(=O)COC)CC4)cc12. The smallest absolute Gasteiger partial charge is 0.248 e. The molecule has 6 nitrogen and oxygen atoms in total. The van der Waals surface area contributed by atoms with Gasteiger partial charge >= 0.3 is 0 Å². The van der Waals surface area contributed by atoms with Crippen LogP contribution in [0.1, 0.15) is 48.1 Å². The molecule has 4 heterocycles. The van der Waals surface area contributed by atoms with Gasteiger partial charge < -0.3 is 19.9 Å². The first-order chi connectivity index (χ1) is 15.2. The summed E-state index contributed by atoms with van der Waals surface area (Å²) in [5.74, 6) is 0.0664. The summed E-state index contributed by atoms with van der Waals surface area (Å²) in [7, 11) is 1.58. The highest BCUT2D eigenvalue weighted by molar-refractivity contribution is 5.85. The Bertz CT molecular complexity index is 1110. The zero-order valence-corrected chi connectivity index (χ0v) is 18.3. The molecule has 31 heavy (non-hydrogen) atoms. The third-order valence-electron chi connectivity index (χ3n) is 6.76. The second-order valence-corrected chi connectivity index (χ2v) is 8.64. The molecule has 1 atom stereocenters. The third kappa shape index (κ3) is 3.75. The second-order valence-electron chi connectivity index (χ2n) is 8.64. The number of fused-ring (bicyclic) bond motifs is 2. The van der Waals surface area contributed by atoms with Gasteiger partial charge in [-0.1, -0.05) is 13.0 Å². The molecule has 5 rings (SSSR count). The van der Waals surface area contributed by atoms with Crippen LogP contribution < -0.4 is 5.32 Å². The number of carbonyl (C=O) groups excluding carboxylic acids is 1. The minimum Gasteiger partial charge on any atom is -0.375 e. The minimum absolute atomic E-state index is 0.0664. The van der Waals surface area contributed by atoms with Crippen molar-refractivity contribution in [3.05, 3.63) is 52.8 Å². The number of aromatic amines is 1. The molecule has 0 bridgehead atoms. The Morgan fingerprint density at radius 2 is 2.19 bits per heavy atom. The summed E-state index contributed by atoms with van der Waals surface area (Å²) in [4.78, 5) is 22.4. The number of ether oxygens (including phenoxy) is 1. The van der Waals surface area contributed by atoms with Crippen LogP contribution in [-0.4, -0.2) is 47.6 Å². The van der Waals surface area contributed by atoms with Crippen LogP contribution in [0.2, 0.25) is 0 Å². The van der Waals surface area contributed by atoms with Crippen molar-refractivity contribution in [1.29, 1.82) is 0 Å². The molecule has 0 unspecified atom stereocenters. The van der Waals surface area contributed by atoms with Crippen LogP contribution in [0.5, 0.6) is 0 Å². The third-order valence-corrected chi connectivity index (χ3v) is 6.76. The fourth-order valence-corrected chi connectivity index (χ4v) is 5.06. The summed E-state index contributed by atoms with van der Waals surface area (Å²) in [5.41, 5.74) is 8.62. The number of amides is 1. The molecule has 2 aromatic heterocycles. The maximum atomic E-state index is 12.5. The number of aryl methyl sites for hydroxylation is 1. The molecule has 3 aromatic rings. The zero-order chi connectivity index (χ0) is 21.4. The van der Waals surface area contributed by atoms with Gasteiger partial charge in [0.2, 0.25) is 5.91 Å². The molecule has 6 heteroatoms. The van der Waals surface area contributed by atoms with Crippen molar-refractivity contribution in [2.45, 2.75) is 45.2 Å². The van der Waals surface area contributed by atoms with Crippen molar-refractivity contribution >= 4 is 16.9 Å². The average Bonchev–Trinajstić information content (AvgIpc) is 3.47. The van der Waals surface area contributed by atoms with Gasteiger partial charge in [0.05, 0.1) is 0 Å². The van der Waals surface area contributed by atoms with E-state index < -0.39 is 0 Å². The van der Waals surface area contributed by atoms with E-state index in [-0.39, 0.29) is 12.5 Å². The van der Waals surface area contributed by atoms with Crippen molar-refractivity contribution in [2.24, 2.45) is 0 Å². The molecule has 0 spiro atoms. The van der Waals surface area contributed by atoms with Gasteiger partial charge in [0.15, 0.2) is 0 Å². The van der Waals surface area contributed by atoms with Gasteiger partial charge in [-0.05, 0) is 72.2 Å². The summed E-state index contributed by atoms with van der Waals surface area (Å²) < 4.78 is 5.09. The summed E-state index contributed by atoms with van der Waals surface area (Å²) in [6.45, 7) is 4.78. The number of hydrogen-bond acceptors (Lipinski definition) is 4. The van der Waals surface area contributed by atoms with Crippen LogP contribution in [0, 0.1) is 0 Å². The molecule has 2 N–H and O–H groups in total. The number of aromatic nitrogens is 2. The molecule has 1 amide bonds. The quantitative estimate of drug-likeness (QED) is 0.662. The molecule has 2 aliphatic rings. The van der Waals surface area contributed by atoms with E-state index in [1.807, 2.05) is 11.1 Å². The van der Waals surface area contributed by atoms with Gasteiger partial charge in [-0.3, -0.25) is 4.79 Å². The number of hydrogen-bond donors (Lipinski definition) is 2. The monoisotopic (exact) mass is 418 g/mol. The van der Waals surface area contributed by atoms with E-state index in [2.05, 4.69) is 46.6 Å². The lowest BCUT2D eigenvalue weighted by molar-refractivity contribution is -0.136. The highest BCUT2D eigenvalue weighted by Crippen LogP contribution is 2.36. The number of H-pyrrole nitrogens is 1. The van der Waals surface area contributed by atoms with Gasteiger partial charge in [-0.2, -0.15) is 0 Å². The predicted octanol–water partition coefficient (Wildman–Crippen LogP) is 3.75. The fraction of sp³-hybridized carbons (Fsp3) is 0.440. The molecule has 1 saturated heterocycles. The molecular formula is C25H30N4O2. The van der Waals surface area contributed by atoms with Crippen LogP contribution in [-0.2, 0) is 28.9 Å². The van der Waals surface area contributed by atoms with Crippen LogP contribution in [0.15, 0.2) is 30.6 Å². The van der Waals surface area contributed by atoms with Crippen LogP contribution in [0.4, 0.5) is 0 Å². The number of nitrogens with zero attached hydrogens (tertiary/aromatic N) is 2. The van der Waals surface area contributed by atoms with E-state index in [0.29, 0.717) is 12.6 Å². The molecule has 0 saturated carbocycles. The van der Waals surface area contributed by atoms with Crippen LogP contribution in [0.3, 0.4) is 0 Å². The summed E-state index contributed by atoms with van der Waals surface area (Å²) >= 11 is 0. The van der Waals surface area contributed by atoms with E-state index in [4.69, 9.17) is 4.74 Å². The van der Waals surface area contributed by atoms with Gasteiger partial charge in [-0.15, -0.1) is 0 Å². The Morgan fingerprint density at radius 3 is 2.97 bits per heavy atom. The first kappa shape index (κ1) is 20.2. The van der Waals surface area contributed by atoms with E-state index in [0.717, 1.165) is 43.6 Å². The van der Waals surface area contributed by atoms with Gasteiger partial charge in [0, 0.05) is 49.6 Å². The van der Waals surface area contributed by atoms with Gasteiger partial charge in [-0.25, -0.2) is 4.98 Å². The second kappa shape index (κ2) is 8.44. The lowest BCUT2D eigenvalue weighted by Gasteiger charge is -2.32. The van der Waals surface area contributed by atoms with E-state index in [9.17, 15) is 4.79 Å². The molecule has 2 aliphatic heterocycles. The summed E-state index contributed by atoms with van der Waals surface area (Å²) in [6, 6.07) is 7.25. The first-order valence-corrected chi connectivity index (χ1v) is 11.3. The number of benzene rings is 1. The maximum absolute atomic E-state index is 12.5. The number of rotatable bonds is 5. The summed E-state index contributed by atoms with van der Waals surface area (Å²) in [6.07, 6.45) is 8.22. The molecule has 1 fully saturated rings. The Hall–Kier alpha value is -2.70. The van der Waals surface area contributed by atoms with E-state index in [1.165, 1.54) is 39.6 Å². The lowest BCUT2D eigenvalue weighted by atomic mass is 9.87. The molecule has 0 radical (unpaired) electrons. The van der Waals surface area contributed by atoms with Crippen molar-refractivity contribution < 1.29 is 9.53 Å². The number of carbonyl (C=O) groups is 1. The minimum atomic E-state index is 0.0664. The van der Waals surface area contributed by atoms with Gasteiger partial charge in [0.25, 0.3) is 0 Å². The highest BCUT2D eigenvalue weighted by atomic mass is 16.5. The standard InChI is InChI=1S/C25H30N4O2/c1-3-16-12-27-25-20(16)11-19(13-28-25)18-9-17-6-8-29(24(30)15-31-2)14-22(17)21(10-18)23-5-4-7-26-23/h9-13,23,26H,3-8,14-15H2,1-2H3,(H,27,28)/t23-/m0/s1. The topological polar surface area (TPSA) is 70.2 Å². The molecule has 1 aromatic carbocycles. The molecule has 162 valence electrons.